The Morgan fingerprint density at radius 3 is 2.40 bits per heavy atom. The van der Waals surface area contributed by atoms with Crippen molar-refractivity contribution in [1.29, 1.82) is 0 Å². The largest absolute Gasteiger partial charge is 0.353 e. The summed E-state index contributed by atoms with van der Waals surface area (Å²) in [5.41, 5.74) is -0.299. The molecule has 1 rings (SSSR count). The van der Waals surface area contributed by atoms with Crippen molar-refractivity contribution in [3.63, 3.8) is 0 Å². The molecule has 0 aromatic rings. The third-order valence-corrected chi connectivity index (χ3v) is 3.17. The molecule has 1 aliphatic rings. The fourth-order valence-corrected chi connectivity index (χ4v) is 2.15. The second-order valence-corrected chi connectivity index (χ2v) is 5.22. The number of hydrogen-bond acceptors (Lipinski definition) is 2. The van der Waals surface area contributed by atoms with Gasteiger partial charge in [0.15, 0.2) is 0 Å². The Balaban J connectivity index is 2.39. The van der Waals surface area contributed by atoms with Crippen molar-refractivity contribution >= 4 is 5.91 Å². The number of nitrogens with one attached hydrogen (secondary N) is 2. The maximum atomic E-state index is 12.0. The minimum Gasteiger partial charge on any atom is -0.353 e. The molecule has 1 fully saturated rings. The molecule has 3 heteroatoms. The number of carbonyl (C=O) groups excluding carboxylic acids is 1. The smallest absolute Gasteiger partial charge is 0.227 e. The lowest BCUT2D eigenvalue weighted by Crippen LogP contribution is -2.47. The molecule has 0 radical (unpaired) electrons. The molecular weight excluding hydrogens is 188 g/mol. The van der Waals surface area contributed by atoms with E-state index in [0.717, 1.165) is 19.4 Å². The summed E-state index contributed by atoms with van der Waals surface area (Å²) in [5.74, 6) is 0.184. The first kappa shape index (κ1) is 12.5. The molecule has 0 saturated heterocycles. The first-order chi connectivity index (χ1) is 7.06. The van der Waals surface area contributed by atoms with E-state index in [-0.39, 0.29) is 11.3 Å². The van der Waals surface area contributed by atoms with Gasteiger partial charge in [-0.15, -0.1) is 0 Å². The molecule has 3 nitrogen and oxygen atoms in total. The van der Waals surface area contributed by atoms with Crippen LogP contribution in [-0.2, 0) is 4.79 Å². The fourth-order valence-electron chi connectivity index (χ4n) is 2.15. The van der Waals surface area contributed by atoms with Gasteiger partial charge in [-0.2, -0.15) is 0 Å². The first-order valence-electron chi connectivity index (χ1n) is 6.02. The molecule has 0 unspecified atom stereocenters. The van der Waals surface area contributed by atoms with Crippen LogP contribution in [0.2, 0.25) is 0 Å². The van der Waals surface area contributed by atoms with Crippen molar-refractivity contribution in [3.8, 4) is 0 Å². The minimum absolute atomic E-state index is 0.184. The molecule has 1 amide bonds. The quantitative estimate of drug-likeness (QED) is 0.744. The molecule has 1 saturated carbocycles. The van der Waals surface area contributed by atoms with Crippen molar-refractivity contribution in [1.82, 2.24) is 10.6 Å². The van der Waals surface area contributed by atoms with Crippen molar-refractivity contribution in [3.05, 3.63) is 0 Å². The maximum Gasteiger partial charge on any atom is 0.227 e. The van der Waals surface area contributed by atoms with Gasteiger partial charge in [-0.3, -0.25) is 4.79 Å². The molecular formula is C12H24N2O. The predicted octanol–water partition coefficient (Wildman–Crippen LogP) is 1.68. The average molecular weight is 212 g/mol. The molecule has 2 N–H and O–H groups in total. The monoisotopic (exact) mass is 212 g/mol. The first-order valence-corrected chi connectivity index (χ1v) is 6.02. The summed E-state index contributed by atoms with van der Waals surface area (Å²) in [5, 5.41) is 6.23. The minimum atomic E-state index is -0.299. The third-order valence-electron chi connectivity index (χ3n) is 3.17. The molecule has 0 heterocycles. The molecule has 0 aliphatic heterocycles. The number of hydrogen-bond donors (Lipinski definition) is 2. The highest BCUT2D eigenvalue weighted by Crippen LogP contribution is 2.20. The maximum absolute atomic E-state index is 12.0. The molecule has 88 valence electrons. The van der Waals surface area contributed by atoms with E-state index in [9.17, 15) is 4.79 Å². The van der Waals surface area contributed by atoms with Gasteiger partial charge in [0.25, 0.3) is 0 Å². The fraction of sp³-hybridized carbons (Fsp3) is 0.917. The lowest BCUT2D eigenvalue weighted by Gasteiger charge is -2.29. The Kier molecular flexibility index (Phi) is 4.58. The van der Waals surface area contributed by atoms with Crippen LogP contribution in [0.25, 0.3) is 0 Å². The topological polar surface area (TPSA) is 41.1 Å². The molecule has 0 aromatic heterocycles. The van der Waals surface area contributed by atoms with Gasteiger partial charge >= 0.3 is 0 Å². The van der Waals surface area contributed by atoms with Gasteiger partial charge in [0.05, 0.1) is 5.41 Å². The van der Waals surface area contributed by atoms with E-state index in [4.69, 9.17) is 0 Å². The van der Waals surface area contributed by atoms with E-state index in [0.29, 0.717) is 6.04 Å². The summed E-state index contributed by atoms with van der Waals surface area (Å²) < 4.78 is 0. The van der Waals surface area contributed by atoms with Crippen LogP contribution in [0.5, 0.6) is 0 Å². The summed E-state index contributed by atoms with van der Waals surface area (Å²) in [6.45, 7) is 4.70. The summed E-state index contributed by atoms with van der Waals surface area (Å²) in [6.07, 6.45) is 6.16. The summed E-state index contributed by atoms with van der Waals surface area (Å²) in [4.78, 5) is 12.0. The van der Waals surface area contributed by atoms with Crippen molar-refractivity contribution in [2.75, 3.05) is 13.6 Å². The van der Waals surface area contributed by atoms with Gasteiger partial charge in [-0.05, 0) is 33.7 Å². The van der Waals surface area contributed by atoms with Gasteiger partial charge in [0, 0.05) is 12.6 Å². The van der Waals surface area contributed by atoms with Crippen LogP contribution in [-0.4, -0.2) is 25.5 Å². The normalized spacial score (nSPS) is 18.9. The molecule has 0 bridgehead atoms. The van der Waals surface area contributed by atoms with E-state index in [1.807, 2.05) is 20.9 Å². The predicted molar refractivity (Wildman–Crippen MR) is 62.7 cm³/mol. The van der Waals surface area contributed by atoms with E-state index in [2.05, 4.69) is 10.6 Å². The van der Waals surface area contributed by atoms with Crippen LogP contribution in [0.1, 0.15) is 46.0 Å². The number of carbonyl (C=O) groups is 1. The Hall–Kier alpha value is -0.570. The highest BCUT2D eigenvalue weighted by atomic mass is 16.2. The molecule has 15 heavy (non-hydrogen) atoms. The SMILES string of the molecule is CNCC(C)(C)C(=O)NC1CCCCC1. The van der Waals surface area contributed by atoms with Crippen molar-refractivity contribution < 1.29 is 4.79 Å². The van der Waals surface area contributed by atoms with Crippen LogP contribution in [0.15, 0.2) is 0 Å². The van der Waals surface area contributed by atoms with Crippen LogP contribution in [0.3, 0.4) is 0 Å². The van der Waals surface area contributed by atoms with Gasteiger partial charge in [-0.25, -0.2) is 0 Å². The zero-order valence-corrected chi connectivity index (χ0v) is 10.2. The van der Waals surface area contributed by atoms with Gasteiger partial charge in [-0.1, -0.05) is 19.3 Å². The van der Waals surface area contributed by atoms with Gasteiger partial charge in [0.2, 0.25) is 5.91 Å². The summed E-state index contributed by atoms with van der Waals surface area (Å²) >= 11 is 0. The van der Waals surface area contributed by atoms with E-state index >= 15 is 0 Å². The second-order valence-electron chi connectivity index (χ2n) is 5.22. The Morgan fingerprint density at radius 1 is 1.27 bits per heavy atom. The standard InChI is InChI=1S/C12H24N2O/c1-12(2,9-13-3)11(15)14-10-7-5-4-6-8-10/h10,13H,4-9H2,1-3H3,(H,14,15). The van der Waals surface area contributed by atoms with E-state index in [1.165, 1.54) is 19.3 Å². The molecule has 0 spiro atoms. The van der Waals surface area contributed by atoms with E-state index in [1.54, 1.807) is 0 Å². The summed E-state index contributed by atoms with van der Waals surface area (Å²) in [7, 11) is 1.88. The third kappa shape index (κ3) is 3.82. The van der Waals surface area contributed by atoms with Crippen LogP contribution in [0, 0.1) is 5.41 Å². The Bertz CT molecular complexity index is 208. The Labute approximate surface area is 93.0 Å². The summed E-state index contributed by atoms with van der Waals surface area (Å²) in [6, 6.07) is 0.419. The molecule has 0 aromatic carbocycles. The number of amides is 1. The highest BCUT2D eigenvalue weighted by Gasteiger charge is 2.28. The molecule has 1 aliphatic carbocycles. The van der Waals surface area contributed by atoms with Crippen LogP contribution in [0.4, 0.5) is 0 Å². The van der Waals surface area contributed by atoms with E-state index < -0.39 is 0 Å². The molecule has 0 atom stereocenters. The van der Waals surface area contributed by atoms with Crippen molar-refractivity contribution in [2.45, 2.75) is 52.0 Å². The van der Waals surface area contributed by atoms with Crippen molar-refractivity contribution in [2.24, 2.45) is 5.41 Å². The van der Waals surface area contributed by atoms with Crippen LogP contribution < -0.4 is 10.6 Å². The zero-order valence-electron chi connectivity index (χ0n) is 10.2. The highest BCUT2D eigenvalue weighted by molar-refractivity contribution is 5.82. The zero-order chi connectivity index (χ0) is 11.3. The Morgan fingerprint density at radius 2 is 1.87 bits per heavy atom. The van der Waals surface area contributed by atoms with Crippen LogP contribution >= 0.6 is 0 Å². The number of rotatable bonds is 4. The van der Waals surface area contributed by atoms with Gasteiger partial charge in [0.1, 0.15) is 0 Å². The second kappa shape index (κ2) is 5.50. The lowest BCUT2D eigenvalue weighted by molar-refractivity contribution is -0.130. The van der Waals surface area contributed by atoms with Gasteiger partial charge < -0.3 is 10.6 Å². The average Bonchev–Trinajstić information content (AvgIpc) is 2.19. The lowest BCUT2D eigenvalue weighted by atomic mass is 9.90.